The summed E-state index contributed by atoms with van der Waals surface area (Å²) in [4.78, 5) is 21.0. The molecule has 28 heavy (non-hydrogen) atoms. The van der Waals surface area contributed by atoms with E-state index in [4.69, 9.17) is 10.8 Å². The summed E-state index contributed by atoms with van der Waals surface area (Å²) in [6, 6.07) is 4.35. The maximum absolute atomic E-state index is 13.8. The van der Waals surface area contributed by atoms with E-state index in [1.807, 2.05) is 0 Å². The Balaban J connectivity index is 1.89. The Morgan fingerprint density at radius 3 is 2.71 bits per heavy atom. The third-order valence-corrected chi connectivity index (χ3v) is 5.37. The zero-order valence-corrected chi connectivity index (χ0v) is 16.4. The largest absolute Gasteiger partial charge is 0.365 e. The molecule has 1 aromatic carbocycles. The summed E-state index contributed by atoms with van der Waals surface area (Å²) in [5.74, 6) is -0.517. The number of amides is 1. The molecule has 0 saturated heterocycles. The first kappa shape index (κ1) is 19.7. The van der Waals surface area contributed by atoms with Crippen LogP contribution in [0.2, 0.25) is 0 Å². The monoisotopic (exact) mass is 398 g/mol. The number of benzene rings is 1. The van der Waals surface area contributed by atoms with Crippen molar-refractivity contribution in [2.45, 2.75) is 25.3 Å². The second kappa shape index (κ2) is 7.89. The minimum absolute atomic E-state index is 0.0202. The van der Waals surface area contributed by atoms with Gasteiger partial charge in [0, 0.05) is 24.9 Å². The fraction of sp³-hybridized carbons (Fsp3) is 0.211. The van der Waals surface area contributed by atoms with Crippen LogP contribution in [-0.2, 0) is 6.54 Å². The second-order valence-electron chi connectivity index (χ2n) is 6.20. The van der Waals surface area contributed by atoms with Crippen LogP contribution in [-0.4, -0.2) is 33.7 Å². The van der Waals surface area contributed by atoms with Gasteiger partial charge in [-0.05, 0) is 37.1 Å². The lowest BCUT2D eigenvalue weighted by Crippen LogP contribution is -2.19. The van der Waals surface area contributed by atoms with Gasteiger partial charge in [-0.3, -0.25) is 10.2 Å². The van der Waals surface area contributed by atoms with Crippen LogP contribution in [0, 0.1) is 16.6 Å². The molecule has 0 unspecified atom stereocenters. The second-order valence-corrected chi connectivity index (χ2v) is 7.22. The van der Waals surface area contributed by atoms with E-state index in [0.29, 0.717) is 45.5 Å². The van der Waals surface area contributed by atoms with Crippen molar-refractivity contribution in [3.8, 4) is 0 Å². The predicted octanol–water partition coefficient (Wildman–Crippen LogP) is 3.48. The number of nitrogens with zero attached hydrogens (tertiary/aromatic N) is 2. The van der Waals surface area contributed by atoms with E-state index in [1.54, 1.807) is 19.9 Å². The molecule has 0 aliphatic carbocycles. The Bertz CT molecular complexity index is 1030. The van der Waals surface area contributed by atoms with Crippen LogP contribution in [0.15, 0.2) is 35.0 Å². The molecule has 0 fully saturated rings. The molecular weight excluding hydrogens is 379 g/mol. The van der Waals surface area contributed by atoms with Gasteiger partial charge in [0.2, 0.25) is 0 Å². The van der Waals surface area contributed by atoms with Crippen molar-refractivity contribution in [3.63, 3.8) is 0 Å². The highest BCUT2D eigenvalue weighted by Crippen LogP contribution is 2.44. The van der Waals surface area contributed by atoms with Gasteiger partial charge in [0.1, 0.15) is 23.0 Å². The topological polar surface area (TPSA) is 115 Å². The van der Waals surface area contributed by atoms with E-state index >= 15 is 0 Å². The molecule has 2 aromatic rings. The van der Waals surface area contributed by atoms with Crippen molar-refractivity contribution in [1.29, 1.82) is 10.8 Å². The summed E-state index contributed by atoms with van der Waals surface area (Å²) in [7, 11) is 1.45. The van der Waals surface area contributed by atoms with Crippen LogP contribution < -0.4 is 10.6 Å². The van der Waals surface area contributed by atoms with Crippen LogP contribution in [0.4, 0.5) is 10.2 Å². The smallest absolute Gasteiger partial charge is 0.254 e. The van der Waals surface area contributed by atoms with Crippen molar-refractivity contribution < 1.29 is 9.18 Å². The van der Waals surface area contributed by atoms with Gasteiger partial charge in [-0.1, -0.05) is 17.8 Å². The molecule has 2 heterocycles. The quantitative estimate of drug-likeness (QED) is 0.576. The standard InChI is InChI=1S/C19H19FN6OS/c1-9(10(2)21)14-15-16(28-17(14)22)18(26-8-25-15)24-7-11-4-5-13(20)12(6-11)19(27)23-3/h4-6,8,21-22H,7H2,1-3H3,(H,23,27)(H,24,25,26)/b14-9-,21-10?,22-17?. The molecule has 9 heteroatoms. The molecule has 0 spiro atoms. The van der Waals surface area contributed by atoms with Gasteiger partial charge >= 0.3 is 0 Å². The summed E-state index contributed by atoms with van der Waals surface area (Å²) in [6.07, 6.45) is 1.41. The van der Waals surface area contributed by atoms with Crippen LogP contribution in [0.3, 0.4) is 0 Å². The molecule has 1 amide bonds. The lowest BCUT2D eigenvalue weighted by atomic mass is 10.0. The average Bonchev–Trinajstić information content (AvgIpc) is 3.02. The average molecular weight is 398 g/mol. The molecule has 1 aliphatic rings. The van der Waals surface area contributed by atoms with Gasteiger partial charge < -0.3 is 16.0 Å². The van der Waals surface area contributed by atoms with Crippen molar-refractivity contribution in [3.05, 3.63) is 52.7 Å². The number of carbonyl (C=O) groups excluding carboxylic acids is 1. The van der Waals surface area contributed by atoms with E-state index in [9.17, 15) is 9.18 Å². The number of anilines is 1. The zero-order chi connectivity index (χ0) is 20.4. The predicted molar refractivity (Wildman–Crippen MR) is 109 cm³/mol. The van der Waals surface area contributed by atoms with Crippen LogP contribution >= 0.6 is 11.8 Å². The van der Waals surface area contributed by atoms with Crippen LogP contribution in [0.25, 0.3) is 5.57 Å². The Morgan fingerprint density at radius 2 is 2.04 bits per heavy atom. The van der Waals surface area contributed by atoms with Gasteiger partial charge in [-0.15, -0.1) is 0 Å². The van der Waals surface area contributed by atoms with Gasteiger partial charge in [-0.2, -0.15) is 0 Å². The molecule has 1 aromatic heterocycles. The van der Waals surface area contributed by atoms with E-state index < -0.39 is 11.7 Å². The summed E-state index contributed by atoms with van der Waals surface area (Å²) >= 11 is 1.24. The number of hydrogen-bond acceptors (Lipinski definition) is 7. The first-order valence-electron chi connectivity index (χ1n) is 8.46. The number of fused-ring (bicyclic) bond motifs is 1. The maximum atomic E-state index is 13.8. The third-order valence-electron chi connectivity index (χ3n) is 4.37. The highest BCUT2D eigenvalue weighted by Gasteiger charge is 2.29. The molecule has 0 bridgehead atoms. The zero-order valence-electron chi connectivity index (χ0n) is 15.6. The van der Waals surface area contributed by atoms with Crippen molar-refractivity contribution >= 4 is 39.8 Å². The number of rotatable bonds is 5. The molecule has 0 saturated carbocycles. The van der Waals surface area contributed by atoms with Crippen molar-refractivity contribution in [2.75, 3.05) is 12.4 Å². The number of aromatic nitrogens is 2. The molecule has 1 aliphatic heterocycles. The number of nitrogens with one attached hydrogen (secondary N) is 4. The maximum Gasteiger partial charge on any atom is 0.254 e. The number of allylic oxidation sites excluding steroid dienone is 1. The SMILES string of the molecule is CNC(=O)c1cc(CNc2ncnc3c2SC(=N)/C3=C(/C)C(C)=N)ccc1F. The minimum atomic E-state index is -0.581. The lowest BCUT2D eigenvalue weighted by Gasteiger charge is -2.10. The number of thioether (sulfide) groups is 1. The third kappa shape index (κ3) is 3.65. The minimum Gasteiger partial charge on any atom is -0.365 e. The fourth-order valence-electron chi connectivity index (χ4n) is 2.75. The number of hydrogen-bond donors (Lipinski definition) is 4. The van der Waals surface area contributed by atoms with E-state index in [1.165, 1.54) is 37.3 Å². The van der Waals surface area contributed by atoms with Crippen molar-refractivity contribution in [2.24, 2.45) is 0 Å². The van der Waals surface area contributed by atoms with Crippen LogP contribution in [0.1, 0.15) is 35.5 Å². The fourth-order valence-corrected chi connectivity index (χ4v) is 3.78. The summed E-state index contributed by atoms with van der Waals surface area (Å²) < 4.78 is 13.8. The Labute approximate surface area is 165 Å². The van der Waals surface area contributed by atoms with Gasteiger partial charge in [0.15, 0.2) is 0 Å². The molecule has 4 N–H and O–H groups in total. The van der Waals surface area contributed by atoms with Crippen molar-refractivity contribution in [1.82, 2.24) is 15.3 Å². The van der Waals surface area contributed by atoms with Gasteiger partial charge in [0.25, 0.3) is 5.91 Å². The first-order chi connectivity index (χ1) is 13.3. The summed E-state index contributed by atoms with van der Waals surface area (Å²) in [6.45, 7) is 3.80. The van der Waals surface area contributed by atoms with Crippen LogP contribution in [0.5, 0.6) is 0 Å². The summed E-state index contributed by atoms with van der Waals surface area (Å²) in [5.41, 5.74) is 3.05. The van der Waals surface area contributed by atoms with Gasteiger partial charge in [-0.25, -0.2) is 14.4 Å². The van der Waals surface area contributed by atoms with E-state index in [2.05, 4.69) is 20.6 Å². The Kier molecular flexibility index (Phi) is 5.55. The highest BCUT2D eigenvalue weighted by atomic mass is 32.2. The Hall–Kier alpha value is -3.07. The molecular formula is C19H19FN6OS. The first-order valence-corrected chi connectivity index (χ1v) is 9.28. The summed E-state index contributed by atoms with van der Waals surface area (Å²) in [5, 5.41) is 22.0. The molecule has 0 radical (unpaired) electrons. The Morgan fingerprint density at radius 1 is 1.29 bits per heavy atom. The molecule has 0 atom stereocenters. The number of halogens is 1. The molecule has 3 rings (SSSR count). The van der Waals surface area contributed by atoms with Gasteiger partial charge in [0.05, 0.1) is 16.2 Å². The van der Waals surface area contributed by atoms with E-state index in [0.717, 1.165) is 4.90 Å². The molecule has 144 valence electrons. The number of carbonyl (C=O) groups is 1. The molecule has 7 nitrogen and oxygen atoms in total. The normalized spacial score (nSPS) is 14.5. The lowest BCUT2D eigenvalue weighted by molar-refractivity contribution is 0.0959. The van der Waals surface area contributed by atoms with E-state index in [-0.39, 0.29) is 5.56 Å². The highest BCUT2D eigenvalue weighted by molar-refractivity contribution is 8.15.